The number of hydrogen-bond acceptors (Lipinski definition) is 4. The Morgan fingerprint density at radius 1 is 0.909 bits per heavy atom. The number of anilines is 1. The molecule has 0 aliphatic heterocycles. The monoisotopic (exact) mass is 466 g/mol. The number of nitrogens with zero attached hydrogens (tertiary/aromatic N) is 1. The summed E-state index contributed by atoms with van der Waals surface area (Å²) in [5.41, 5.74) is 3.24. The Labute approximate surface area is 196 Å². The number of amides is 1. The Morgan fingerprint density at radius 3 is 2.24 bits per heavy atom. The van der Waals surface area contributed by atoms with E-state index in [1.54, 1.807) is 30.3 Å². The minimum Gasteiger partial charge on any atom is -0.491 e. The van der Waals surface area contributed by atoms with Crippen LogP contribution >= 0.6 is 0 Å². The van der Waals surface area contributed by atoms with E-state index in [9.17, 15) is 13.2 Å². The third-order valence-corrected chi connectivity index (χ3v) is 7.23. The van der Waals surface area contributed by atoms with Gasteiger partial charge in [0.25, 0.3) is 10.0 Å². The highest BCUT2D eigenvalue weighted by molar-refractivity contribution is 7.92. The van der Waals surface area contributed by atoms with Crippen LogP contribution in [-0.4, -0.2) is 33.5 Å². The Hall–Kier alpha value is -3.32. The molecule has 0 aliphatic rings. The number of para-hydroxylation sites is 1. The van der Waals surface area contributed by atoms with Gasteiger partial charge in [0.2, 0.25) is 5.91 Å². The van der Waals surface area contributed by atoms with Gasteiger partial charge in [-0.15, -0.1) is 0 Å². The second-order valence-electron chi connectivity index (χ2n) is 8.09. The number of hydrogen-bond donors (Lipinski definition) is 1. The summed E-state index contributed by atoms with van der Waals surface area (Å²) in [5, 5.41) is 2.86. The SMILES string of the molecule is Cc1ccccc1OCC(C)NC(=O)CN(c1cccc(C)c1C)S(=O)(=O)c1ccccc1. The van der Waals surface area contributed by atoms with E-state index in [1.165, 1.54) is 16.4 Å². The molecule has 0 fully saturated rings. The molecule has 3 aromatic rings. The van der Waals surface area contributed by atoms with E-state index in [2.05, 4.69) is 5.32 Å². The lowest BCUT2D eigenvalue weighted by atomic mass is 10.1. The van der Waals surface area contributed by atoms with Crippen LogP contribution < -0.4 is 14.4 Å². The van der Waals surface area contributed by atoms with Crippen molar-refractivity contribution in [1.82, 2.24) is 5.32 Å². The molecule has 7 heteroatoms. The highest BCUT2D eigenvalue weighted by Crippen LogP contribution is 2.28. The lowest BCUT2D eigenvalue weighted by Gasteiger charge is -2.27. The largest absolute Gasteiger partial charge is 0.491 e. The first kappa shape index (κ1) is 24.3. The number of rotatable bonds is 9. The maximum atomic E-state index is 13.5. The number of carbonyl (C=O) groups excluding carboxylic acids is 1. The van der Waals surface area contributed by atoms with Crippen molar-refractivity contribution >= 4 is 21.6 Å². The van der Waals surface area contributed by atoms with Crippen LogP contribution in [0.25, 0.3) is 0 Å². The summed E-state index contributed by atoms with van der Waals surface area (Å²) in [5.74, 6) is 0.346. The lowest BCUT2D eigenvalue weighted by molar-refractivity contribution is -0.120. The molecular weight excluding hydrogens is 436 g/mol. The van der Waals surface area contributed by atoms with Gasteiger partial charge in [0.05, 0.1) is 16.6 Å². The van der Waals surface area contributed by atoms with Gasteiger partial charge in [-0.25, -0.2) is 8.42 Å². The van der Waals surface area contributed by atoms with Gasteiger partial charge < -0.3 is 10.1 Å². The lowest BCUT2D eigenvalue weighted by Crippen LogP contribution is -2.45. The molecule has 0 saturated heterocycles. The first-order chi connectivity index (χ1) is 15.7. The minimum absolute atomic E-state index is 0.134. The number of sulfonamides is 1. The molecule has 0 spiro atoms. The molecular formula is C26H30N2O4S. The van der Waals surface area contributed by atoms with E-state index >= 15 is 0 Å². The number of carbonyl (C=O) groups is 1. The molecule has 0 aromatic heterocycles. The van der Waals surface area contributed by atoms with E-state index in [-0.39, 0.29) is 24.1 Å². The zero-order chi connectivity index (χ0) is 24.0. The topological polar surface area (TPSA) is 75.7 Å². The van der Waals surface area contributed by atoms with E-state index in [1.807, 2.05) is 58.0 Å². The first-order valence-corrected chi connectivity index (χ1v) is 12.3. The zero-order valence-electron chi connectivity index (χ0n) is 19.4. The van der Waals surface area contributed by atoms with Crippen molar-refractivity contribution in [2.45, 2.75) is 38.6 Å². The number of aryl methyl sites for hydroxylation is 2. The quantitative estimate of drug-likeness (QED) is 0.507. The van der Waals surface area contributed by atoms with Crippen molar-refractivity contribution in [3.8, 4) is 5.75 Å². The maximum absolute atomic E-state index is 13.5. The molecule has 1 N–H and O–H groups in total. The molecule has 0 radical (unpaired) electrons. The van der Waals surface area contributed by atoms with E-state index in [0.717, 1.165) is 22.4 Å². The molecule has 6 nitrogen and oxygen atoms in total. The Bertz CT molecular complexity index is 1210. The highest BCUT2D eigenvalue weighted by atomic mass is 32.2. The minimum atomic E-state index is -3.94. The smallest absolute Gasteiger partial charge is 0.264 e. The summed E-state index contributed by atoms with van der Waals surface area (Å²) in [6, 6.07) is 20.9. The fraction of sp³-hybridized carbons (Fsp3) is 0.269. The fourth-order valence-corrected chi connectivity index (χ4v) is 4.95. The summed E-state index contributed by atoms with van der Waals surface area (Å²) >= 11 is 0. The van der Waals surface area contributed by atoms with Crippen LogP contribution in [0.4, 0.5) is 5.69 Å². The molecule has 3 rings (SSSR count). The molecule has 1 unspecified atom stereocenters. The van der Waals surface area contributed by atoms with Gasteiger partial charge in [0, 0.05) is 0 Å². The Kier molecular flexibility index (Phi) is 7.76. The van der Waals surface area contributed by atoms with Crippen LogP contribution in [0.15, 0.2) is 77.7 Å². The summed E-state index contributed by atoms with van der Waals surface area (Å²) in [7, 11) is -3.94. The van der Waals surface area contributed by atoms with Gasteiger partial charge >= 0.3 is 0 Å². The van der Waals surface area contributed by atoms with Crippen LogP contribution in [0.3, 0.4) is 0 Å². The summed E-state index contributed by atoms with van der Waals surface area (Å²) in [6.45, 7) is 7.48. The van der Waals surface area contributed by atoms with Gasteiger partial charge in [-0.3, -0.25) is 9.10 Å². The van der Waals surface area contributed by atoms with Crippen molar-refractivity contribution < 1.29 is 17.9 Å². The number of ether oxygens (including phenoxy) is 1. The Morgan fingerprint density at radius 2 is 1.55 bits per heavy atom. The standard InChI is InChI=1S/C26H30N2O4S/c1-19-12-10-15-24(22(19)4)28(33(30,31)23-13-6-5-7-14-23)17-26(29)27-21(3)18-32-25-16-9-8-11-20(25)2/h5-16,21H,17-18H2,1-4H3,(H,27,29). The zero-order valence-corrected chi connectivity index (χ0v) is 20.2. The molecule has 0 bridgehead atoms. The molecule has 174 valence electrons. The van der Waals surface area contributed by atoms with Crippen molar-refractivity contribution in [2.75, 3.05) is 17.5 Å². The summed E-state index contributed by atoms with van der Waals surface area (Å²) in [4.78, 5) is 13.1. The maximum Gasteiger partial charge on any atom is 0.264 e. The van der Waals surface area contributed by atoms with Crippen LogP contribution in [0.1, 0.15) is 23.6 Å². The predicted molar refractivity (Wildman–Crippen MR) is 131 cm³/mol. The predicted octanol–water partition coefficient (Wildman–Crippen LogP) is 4.39. The van der Waals surface area contributed by atoms with Crippen LogP contribution in [0.2, 0.25) is 0 Å². The third kappa shape index (κ3) is 5.93. The van der Waals surface area contributed by atoms with Crippen molar-refractivity contribution in [3.63, 3.8) is 0 Å². The van der Waals surface area contributed by atoms with Gasteiger partial charge in [0.15, 0.2) is 0 Å². The third-order valence-electron chi connectivity index (χ3n) is 5.45. The fourth-order valence-electron chi connectivity index (χ4n) is 3.45. The van der Waals surface area contributed by atoms with Crippen molar-refractivity contribution in [2.24, 2.45) is 0 Å². The van der Waals surface area contributed by atoms with E-state index < -0.39 is 15.9 Å². The highest BCUT2D eigenvalue weighted by Gasteiger charge is 2.28. The second-order valence-corrected chi connectivity index (χ2v) is 9.95. The van der Waals surface area contributed by atoms with Crippen molar-refractivity contribution in [1.29, 1.82) is 0 Å². The van der Waals surface area contributed by atoms with Gasteiger partial charge in [-0.05, 0) is 68.7 Å². The molecule has 1 amide bonds. The van der Waals surface area contributed by atoms with Crippen LogP contribution in [0, 0.1) is 20.8 Å². The number of nitrogens with one attached hydrogen (secondary N) is 1. The number of benzene rings is 3. The van der Waals surface area contributed by atoms with Crippen LogP contribution in [-0.2, 0) is 14.8 Å². The van der Waals surface area contributed by atoms with Gasteiger partial charge in [-0.2, -0.15) is 0 Å². The molecule has 1 atom stereocenters. The average Bonchev–Trinajstić information content (AvgIpc) is 2.79. The molecule has 33 heavy (non-hydrogen) atoms. The van der Waals surface area contributed by atoms with Crippen molar-refractivity contribution in [3.05, 3.63) is 89.5 Å². The molecule has 3 aromatic carbocycles. The Balaban J connectivity index is 1.79. The van der Waals surface area contributed by atoms with E-state index in [0.29, 0.717) is 5.69 Å². The summed E-state index contributed by atoms with van der Waals surface area (Å²) in [6.07, 6.45) is 0. The second kappa shape index (κ2) is 10.5. The van der Waals surface area contributed by atoms with Gasteiger partial charge in [0.1, 0.15) is 18.9 Å². The molecule has 0 aliphatic carbocycles. The van der Waals surface area contributed by atoms with Crippen LogP contribution in [0.5, 0.6) is 5.75 Å². The molecule has 0 heterocycles. The molecule has 0 saturated carbocycles. The van der Waals surface area contributed by atoms with Gasteiger partial charge in [-0.1, -0.05) is 48.5 Å². The normalized spacial score (nSPS) is 12.1. The first-order valence-electron chi connectivity index (χ1n) is 10.8. The average molecular weight is 467 g/mol. The summed E-state index contributed by atoms with van der Waals surface area (Å²) < 4.78 is 34.0. The van der Waals surface area contributed by atoms with E-state index in [4.69, 9.17) is 4.74 Å².